The lowest BCUT2D eigenvalue weighted by molar-refractivity contribution is 0.0875. The number of ether oxygens (including phenoxy) is 2. The van der Waals surface area contributed by atoms with Gasteiger partial charge in [-0.25, -0.2) is 4.79 Å². The van der Waals surface area contributed by atoms with Crippen molar-refractivity contribution in [1.29, 1.82) is 0 Å². The van der Waals surface area contributed by atoms with E-state index in [-0.39, 0.29) is 12.2 Å². The number of anilines is 1. The van der Waals surface area contributed by atoms with Crippen molar-refractivity contribution in [3.05, 3.63) is 60.2 Å². The van der Waals surface area contributed by atoms with E-state index in [0.29, 0.717) is 18.2 Å². The summed E-state index contributed by atoms with van der Waals surface area (Å²) in [6.45, 7) is 3.51. The van der Waals surface area contributed by atoms with Crippen LogP contribution in [0.2, 0.25) is 0 Å². The second-order valence-electron chi connectivity index (χ2n) is 7.75. The van der Waals surface area contributed by atoms with Crippen LogP contribution in [0.1, 0.15) is 18.4 Å². The second-order valence-corrected chi connectivity index (χ2v) is 7.75. The minimum absolute atomic E-state index is 0.104. The molecule has 2 atom stereocenters. The molecule has 2 saturated heterocycles. The van der Waals surface area contributed by atoms with Gasteiger partial charge in [-0.05, 0) is 49.4 Å². The maximum Gasteiger partial charge on any atom is 0.414 e. The number of likely N-dealkylation sites (tertiary alicyclic amines) is 1. The number of benzene rings is 2. The number of rotatable bonds is 6. The summed E-state index contributed by atoms with van der Waals surface area (Å²) < 4.78 is 11.1. The molecule has 2 aliphatic heterocycles. The third kappa shape index (κ3) is 4.30. The minimum Gasteiger partial charge on any atom is -0.495 e. The number of hydrogen-bond acceptors (Lipinski definition) is 4. The molecular weight excluding hydrogens is 352 g/mol. The summed E-state index contributed by atoms with van der Waals surface area (Å²) in [5.41, 5.74) is 2.18. The van der Waals surface area contributed by atoms with Crippen LogP contribution < -0.4 is 9.64 Å². The number of nitrogens with zero attached hydrogens (tertiary/aromatic N) is 2. The number of methoxy groups -OCH3 is 1. The quantitative estimate of drug-likeness (QED) is 0.760. The highest BCUT2D eigenvalue weighted by Gasteiger charge is 2.35. The molecule has 0 bridgehead atoms. The van der Waals surface area contributed by atoms with E-state index in [0.717, 1.165) is 31.7 Å². The van der Waals surface area contributed by atoms with Crippen molar-refractivity contribution < 1.29 is 14.3 Å². The van der Waals surface area contributed by atoms with Gasteiger partial charge in [0.15, 0.2) is 0 Å². The van der Waals surface area contributed by atoms with Crippen LogP contribution >= 0.6 is 0 Å². The summed E-state index contributed by atoms with van der Waals surface area (Å²) >= 11 is 0. The fourth-order valence-electron chi connectivity index (χ4n) is 4.39. The highest BCUT2D eigenvalue weighted by molar-refractivity contribution is 5.91. The SMILES string of the molecule is COc1ccccc1N1CC(CN2CCCC(Cc3ccccc3)C2)OC1=O. The fraction of sp³-hybridized carbons (Fsp3) is 0.435. The first-order valence-corrected chi connectivity index (χ1v) is 10.1. The van der Waals surface area contributed by atoms with E-state index >= 15 is 0 Å². The van der Waals surface area contributed by atoms with Gasteiger partial charge in [0.05, 0.1) is 19.3 Å². The first kappa shape index (κ1) is 18.8. The first-order valence-electron chi connectivity index (χ1n) is 10.1. The lowest BCUT2D eigenvalue weighted by Crippen LogP contribution is -2.41. The van der Waals surface area contributed by atoms with E-state index in [9.17, 15) is 4.79 Å². The molecule has 2 aliphatic rings. The van der Waals surface area contributed by atoms with Crippen LogP contribution in [-0.4, -0.2) is 50.4 Å². The summed E-state index contributed by atoms with van der Waals surface area (Å²) in [6, 6.07) is 18.3. The van der Waals surface area contributed by atoms with E-state index in [2.05, 4.69) is 35.2 Å². The van der Waals surface area contributed by atoms with Gasteiger partial charge in [-0.3, -0.25) is 9.80 Å². The van der Waals surface area contributed by atoms with Crippen molar-refractivity contribution in [3.63, 3.8) is 0 Å². The average molecular weight is 380 g/mol. The van der Waals surface area contributed by atoms with Crippen LogP contribution in [0.3, 0.4) is 0 Å². The number of amides is 1. The number of cyclic esters (lactones) is 1. The molecular formula is C23H28N2O3. The monoisotopic (exact) mass is 380 g/mol. The molecule has 2 aromatic carbocycles. The van der Waals surface area contributed by atoms with Crippen molar-refractivity contribution in [2.75, 3.05) is 38.2 Å². The molecule has 0 aromatic heterocycles. The van der Waals surface area contributed by atoms with Crippen LogP contribution in [0.25, 0.3) is 0 Å². The highest BCUT2D eigenvalue weighted by Crippen LogP contribution is 2.31. The summed E-state index contributed by atoms with van der Waals surface area (Å²) in [5, 5.41) is 0. The number of piperidine rings is 1. The number of hydrogen-bond donors (Lipinski definition) is 0. The molecule has 1 amide bonds. The van der Waals surface area contributed by atoms with Crippen LogP contribution in [0, 0.1) is 5.92 Å². The molecule has 0 spiro atoms. The zero-order valence-corrected chi connectivity index (χ0v) is 16.4. The molecule has 4 rings (SSSR count). The molecule has 5 nitrogen and oxygen atoms in total. The van der Waals surface area contributed by atoms with E-state index in [4.69, 9.17) is 9.47 Å². The molecule has 0 aliphatic carbocycles. The highest BCUT2D eigenvalue weighted by atomic mass is 16.6. The summed E-state index contributed by atoms with van der Waals surface area (Å²) in [4.78, 5) is 16.6. The van der Waals surface area contributed by atoms with Gasteiger partial charge in [-0.2, -0.15) is 0 Å². The maximum absolute atomic E-state index is 12.4. The Balaban J connectivity index is 1.35. The molecule has 2 heterocycles. The van der Waals surface area contributed by atoms with E-state index < -0.39 is 0 Å². The Morgan fingerprint density at radius 2 is 1.86 bits per heavy atom. The summed E-state index contributed by atoms with van der Waals surface area (Å²) in [7, 11) is 1.62. The third-order valence-electron chi connectivity index (χ3n) is 5.68. The topological polar surface area (TPSA) is 42.0 Å². The van der Waals surface area contributed by atoms with Gasteiger partial charge in [0, 0.05) is 13.1 Å². The van der Waals surface area contributed by atoms with Crippen LogP contribution in [-0.2, 0) is 11.2 Å². The van der Waals surface area contributed by atoms with Crippen molar-refractivity contribution in [2.24, 2.45) is 5.92 Å². The Labute approximate surface area is 166 Å². The Morgan fingerprint density at radius 3 is 2.68 bits per heavy atom. The molecule has 2 unspecified atom stereocenters. The fourth-order valence-corrected chi connectivity index (χ4v) is 4.39. The molecule has 2 aromatic rings. The van der Waals surface area contributed by atoms with Crippen molar-refractivity contribution in [1.82, 2.24) is 4.90 Å². The minimum atomic E-state index is -0.285. The zero-order valence-electron chi connectivity index (χ0n) is 16.4. The van der Waals surface area contributed by atoms with Gasteiger partial charge in [-0.1, -0.05) is 42.5 Å². The number of carbonyl (C=O) groups is 1. The van der Waals surface area contributed by atoms with Gasteiger partial charge in [0.1, 0.15) is 11.9 Å². The van der Waals surface area contributed by atoms with Gasteiger partial charge in [-0.15, -0.1) is 0 Å². The van der Waals surface area contributed by atoms with Gasteiger partial charge in [0.25, 0.3) is 0 Å². The Hall–Kier alpha value is -2.53. The number of carbonyl (C=O) groups excluding carboxylic acids is 1. The molecule has 2 fully saturated rings. The van der Waals surface area contributed by atoms with Crippen molar-refractivity contribution in [3.8, 4) is 5.75 Å². The summed E-state index contributed by atoms with van der Waals surface area (Å²) in [6.07, 6.45) is 3.20. The first-order chi connectivity index (χ1) is 13.7. The standard InChI is InChI=1S/C23H28N2O3/c1-27-22-12-6-5-11-21(22)25-17-20(28-23(25)26)16-24-13-7-10-19(15-24)14-18-8-3-2-4-9-18/h2-6,8-9,11-12,19-20H,7,10,13-17H2,1H3. The van der Waals surface area contributed by atoms with Gasteiger partial charge >= 0.3 is 6.09 Å². The van der Waals surface area contributed by atoms with Gasteiger partial charge < -0.3 is 9.47 Å². The van der Waals surface area contributed by atoms with E-state index in [1.54, 1.807) is 12.0 Å². The molecule has 0 radical (unpaired) electrons. The normalized spacial score (nSPS) is 22.9. The third-order valence-corrected chi connectivity index (χ3v) is 5.68. The van der Waals surface area contributed by atoms with Crippen LogP contribution in [0.4, 0.5) is 10.5 Å². The van der Waals surface area contributed by atoms with E-state index in [1.165, 1.54) is 18.4 Å². The molecule has 5 heteroatoms. The molecule has 0 saturated carbocycles. The second kappa shape index (κ2) is 8.65. The zero-order chi connectivity index (χ0) is 19.3. The smallest absolute Gasteiger partial charge is 0.414 e. The molecule has 28 heavy (non-hydrogen) atoms. The maximum atomic E-state index is 12.4. The predicted molar refractivity (Wildman–Crippen MR) is 110 cm³/mol. The lowest BCUT2D eigenvalue weighted by Gasteiger charge is -2.33. The van der Waals surface area contributed by atoms with E-state index in [1.807, 2.05) is 24.3 Å². The number of para-hydroxylation sites is 2. The lowest BCUT2D eigenvalue weighted by atomic mass is 9.91. The van der Waals surface area contributed by atoms with Crippen molar-refractivity contribution in [2.45, 2.75) is 25.4 Å². The Bertz CT molecular complexity index is 795. The Morgan fingerprint density at radius 1 is 1.07 bits per heavy atom. The van der Waals surface area contributed by atoms with Gasteiger partial charge in [0.2, 0.25) is 0 Å². The van der Waals surface area contributed by atoms with Crippen LogP contribution in [0.15, 0.2) is 54.6 Å². The molecule has 0 N–H and O–H groups in total. The molecule has 148 valence electrons. The van der Waals surface area contributed by atoms with Crippen LogP contribution in [0.5, 0.6) is 5.75 Å². The predicted octanol–water partition coefficient (Wildman–Crippen LogP) is 3.98. The largest absolute Gasteiger partial charge is 0.495 e. The average Bonchev–Trinajstić information content (AvgIpc) is 3.08. The van der Waals surface area contributed by atoms with Crippen molar-refractivity contribution >= 4 is 11.8 Å². The Kier molecular flexibility index (Phi) is 5.81. The summed E-state index contributed by atoms with van der Waals surface area (Å²) in [5.74, 6) is 1.36.